The lowest BCUT2D eigenvalue weighted by Gasteiger charge is -2.02. The molecule has 0 saturated heterocycles. The van der Waals surface area contributed by atoms with Gasteiger partial charge in [0.25, 0.3) is 0 Å². The number of allylic oxidation sites excluding steroid dienone is 1. The molecule has 1 aromatic carbocycles. The first kappa shape index (κ1) is 14.1. The minimum Gasteiger partial charge on any atom is -0.466 e. The molecule has 0 atom stereocenters. The number of hydrogen-bond donors (Lipinski definition) is 0. The Morgan fingerprint density at radius 3 is 2.72 bits per heavy atom. The van der Waals surface area contributed by atoms with E-state index in [-0.39, 0.29) is 6.54 Å². The maximum absolute atomic E-state index is 11.4. The average Bonchev–Trinajstić information content (AvgIpc) is 2.40. The van der Waals surface area contributed by atoms with Gasteiger partial charge in [-0.1, -0.05) is 34.9 Å². The largest absolute Gasteiger partial charge is 0.466 e. The van der Waals surface area contributed by atoms with Gasteiger partial charge in [0, 0.05) is 15.5 Å². The van der Waals surface area contributed by atoms with Crippen LogP contribution in [0.3, 0.4) is 0 Å². The fraction of sp³-hybridized carbons (Fsp3) is 0.250. The Kier molecular flexibility index (Phi) is 5.77. The van der Waals surface area contributed by atoms with Gasteiger partial charge in [-0.25, -0.2) is 4.79 Å². The summed E-state index contributed by atoms with van der Waals surface area (Å²) in [4.78, 5) is 14.0. The molecule has 0 fully saturated rings. The van der Waals surface area contributed by atoms with Gasteiger partial charge in [-0.05, 0) is 29.6 Å². The van der Waals surface area contributed by atoms with Crippen LogP contribution in [0.1, 0.15) is 5.56 Å². The van der Waals surface area contributed by atoms with Crippen LogP contribution in [0.15, 0.2) is 41.0 Å². The van der Waals surface area contributed by atoms with Gasteiger partial charge >= 0.3 is 5.97 Å². The van der Waals surface area contributed by atoms with E-state index in [0.29, 0.717) is 17.0 Å². The van der Waals surface area contributed by atoms with E-state index in [0.717, 1.165) is 5.56 Å². The number of ether oxygens (including phenoxy) is 1. The molecule has 1 rings (SSSR count). The van der Waals surface area contributed by atoms with Gasteiger partial charge in [0.2, 0.25) is 0 Å². The summed E-state index contributed by atoms with van der Waals surface area (Å²) in [6.45, 7) is -0.0171. The highest BCUT2D eigenvalue weighted by molar-refractivity contribution is 6.30. The normalized spacial score (nSPS) is 10.7. The maximum Gasteiger partial charge on any atom is 0.333 e. The van der Waals surface area contributed by atoms with Crippen LogP contribution in [0.5, 0.6) is 0 Å². The van der Waals surface area contributed by atoms with Crippen LogP contribution in [0, 0.1) is 0 Å². The lowest BCUT2D eigenvalue weighted by molar-refractivity contribution is -0.136. The molecule has 0 aliphatic rings. The molecule has 0 bridgehead atoms. The van der Waals surface area contributed by atoms with Gasteiger partial charge in [-0.15, -0.1) is 0 Å². The fourth-order valence-corrected chi connectivity index (χ4v) is 1.44. The van der Waals surface area contributed by atoms with E-state index in [1.165, 1.54) is 7.11 Å². The zero-order valence-corrected chi connectivity index (χ0v) is 10.6. The quantitative estimate of drug-likeness (QED) is 0.269. The van der Waals surface area contributed by atoms with Crippen LogP contribution in [0.25, 0.3) is 10.4 Å². The minimum absolute atomic E-state index is 0.0171. The molecule has 0 N–H and O–H groups in total. The first-order chi connectivity index (χ1) is 8.67. The molecule has 0 radical (unpaired) electrons. The summed E-state index contributed by atoms with van der Waals surface area (Å²) in [6.07, 6.45) is 2.23. The predicted molar refractivity (Wildman–Crippen MR) is 69.3 cm³/mol. The molecule has 0 heterocycles. The smallest absolute Gasteiger partial charge is 0.333 e. The average molecular weight is 266 g/mol. The minimum atomic E-state index is -0.489. The fourth-order valence-electron chi connectivity index (χ4n) is 1.31. The molecule has 18 heavy (non-hydrogen) atoms. The van der Waals surface area contributed by atoms with E-state index in [9.17, 15) is 4.79 Å². The van der Waals surface area contributed by atoms with E-state index in [1.807, 2.05) is 12.1 Å². The van der Waals surface area contributed by atoms with Gasteiger partial charge in [0.1, 0.15) is 0 Å². The van der Waals surface area contributed by atoms with Crippen LogP contribution in [0.2, 0.25) is 5.02 Å². The molecule has 6 heteroatoms. The Balaban J connectivity index is 2.78. The molecule has 0 saturated carbocycles. The third-order valence-corrected chi connectivity index (χ3v) is 2.50. The molecule has 0 aromatic heterocycles. The summed E-state index contributed by atoms with van der Waals surface area (Å²) >= 11 is 5.77. The lowest BCUT2D eigenvalue weighted by Crippen LogP contribution is -2.07. The summed E-state index contributed by atoms with van der Waals surface area (Å²) in [6, 6.07) is 7.27. The number of rotatable bonds is 5. The first-order valence-electron chi connectivity index (χ1n) is 5.20. The van der Waals surface area contributed by atoms with Crippen molar-refractivity contribution in [3.8, 4) is 0 Å². The number of nitrogens with zero attached hydrogens (tertiary/aromatic N) is 3. The Labute approximate surface area is 110 Å². The van der Waals surface area contributed by atoms with Crippen molar-refractivity contribution in [1.29, 1.82) is 0 Å². The Morgan fingerprint density at radius 2 is 2.17 bits per heavy atom. The highest BCUT2D eigenvalue weighted by atomic mass is 35.5. The van der Waals surface area contributed by atoms with Crippen molar-refractivity contribution in [3.63, 3.8) is 0 Å². The van der Waals surface area contributed by atoms with Crippen molar-refractivity contribution < 1.29 is 9.53 Å². The van der Waals surface area contributed by atoms with E-state index >= 15 is 0 Å². The Hall–Kier alpha value is -1.97. The number of hydrogen-bond acceptors (Lipinski definition) is 3. The number of carbonyl (C=O) groups excluding carboxylic acids is 1. The molecule has 0 unspecified atom stereocenters. The third-order valence-electron chi connectivity index (χ3n) is 2.25. The highest BCUT2D eigenvalue weighted by Crippen LogP contribution is 2.11. The summed E-state index contributed by atoms with van der Waals surface area (Å²) in [5.41, 5.74) is 9.59. The Bertz CT molecular complexity index is 491. The van der Waals surface area contributed by atoms with Gasteiger partial charge < -0.3 is 4.74 Å². The van der Waals surface area contributed by atoms with Crippen molar-refractivity contribution >= 4 is 17.6 Å². The SMILES string of the molecule is COC(=O)/C(=C/Cc1ccc(Cl)cc1)CN=[N+]=[N-]. The van der Waals surface area contributed by atoms with E-state index in [4.69, 9.17) is 17.1 Å². The van der Waals surface area contributed by atoms with Crippen molar-refractivity contribution in [2.75, 3.05) is 13.7 Å². The van der Waals surface area contributed by atoms with Gasteiger partial charge in [-0.2, -0.15) is 0 Å². The van der Waals surface area contributed by atoms with E-state index < -0.39 is 5.97 Å². The van der Waals surface area contributed by atoms with Crippen molar-refractivity contribution in [2.45, 2.75) is 6.42 Å². The summed E-state index contributed by atoms with van der Waals surface area (Å²) < 4.78 is 4.61. The van der Waals surface area contributed by atoms with Crippen molar-refractivity contribution in [2.24, 2.45) is 5.11 Å². The third kappa shape index (κ3) is 4.49. The number of benzene rings is 1. The van der Waals surface area contributed by atoms with Gasteiger partial charge in [-0.3, -0.25) is 0 Å². The molecule has 0 aliphatic carbocycles. The standard InChI is InChI=1S/C12H12ClN3O2/c1-18-12(17)10(8-15-16-14)5-2-9-3-6-11(13)7-4-9/h3-7H,2,8H2,1H3/b10-5+. The van der Waals surface area contributed by atoms with Crippen LogP contribution in [-0.2, 0) is 16.0 Å². The zero-order chi connectivity index (χ0) is 13.4. The summed E-state index contributed by atoms with van der Waals surface area (Å²) in [5, 5.41) is 4.02. The Morgan fingerprint density at radius 1 is 1.50 bits per heavy atom. The lowest BCUT2D eigenvalue weighted by atomic mass is 10.1. The van der Waals surface area contributed by atoms with Crippen LogP contribution in [-0.4, -0.2) is 19.6 Å². The second kappa shape index (κ2) is 7.37. The molecule has 5 nitrogen and oxygen atoms in total. The molecule has 1 aromatic rings. The highest BCUT2D eigenvalue weighted by Gasteiger charge is 2.07. The second-order valence-corrected chi connectivity index (χ2v) is 3.88. The summed E-state index contributed by atoms with van der Waals surface area (Å²) in [7, 11) is 1.29. The van der Waals surface area contributed by atoms with Crippen LogP contribution in [0.4, 0.5) is 0 Å². The molecule has 94 valence electrons. The topological polar surface area (TPSA) is 75.1 Å². The number of halogens is 1. The van der Waals surface area contributed by atoms with E-state index in [1.54, 1.807) is 18.2 Å². The summed E-state index contributed by atoms with van der Waals surface area (Å²) in [5.74, 6) is -0.489. The maximum atomic E-state index is 11.4. The van der Waals surface area contributed by atoms with Crippen molar-refractivity contribution in [1.82, 2.24) is 0 Å². The monoisotopic (exact) mass is 265 g/mol. The van der Waals surface area contributed by atoms with Gasteiger partial charge in [0.15, 0.2) is 0 Å². The van der Waals surface area contributed by atoms with Gasteiger partial charge in [0.05, 0.1) is 13.7 Å². The van der Waals surface area contributed by atoms with Crippen LogP contribution < -0.4 is 0 Å². The molecule has 0 aliphatic heterocycles. The number of carbonyl (C=O) groups is 1. The predicted octanol–water partition coefficient (Wildman–Crippen LogP) is 3.29. The molecule has 0 amide bonds. The number of methoxy groups -OCH3 is 1. The molecular weight excluding hydrogens is 254 g/mol. The zero-order valence-electron chi connectivity index (χ0n) is 9.84. The molecule has 0 spiro atoms. The number of azide groups is 1. The number of esters is 1. The van der Waals surface area contributed by atoms with Crippen LogP contribution >= 0.6 is 11.6 Å². The first-order valence-corrected chi connectivity index (χ1v) is 5.58. The van der Waals surface area contributed by atoms with E-state index in [2.05, 4.69) is 14.8 Å². The second-order valence-electron chi connectivity index (χ2n) is 3.44. The van der Waals surface area contributed by atoms with Crippen molar-refractivity contribution in [3.05, 3.63) is 56.9 Å². The molecular formula is C12H12ClN3O2.